The molecule has 0 atom stereocenters. The summed E-state index contributed by atoms with van der Waals surface area (Å²) >= 11 is 3.33. The van der Waals surface area contributed by atoms with Crippen molar-refractivity contribution in [3.8, 4) is 10.8 Å². The lowest BCUT2D eigenvalue weighted by Gasteiger charge is -2.01. The maximum atomic E-state index is 5.26. The van der Waals surface area contributed by atoms with Gasteiger partial charge in [-0.15, -0.1) is 23.1 Å². The molecule has 0 radical (unpaired) electrons. The van der Waals surface area contributed by atoms with Gasteiger partial charge in [-0.05, 0) is 30.0 Å². The highest BCUT2D eigenvalue weighted by Gasteiger charge is 2.10. The first kappa shape index (κ1) is 12.4. The van der Waals surface area contributed by atoms with Crippen molar-refractivity contribution >= 4 is 23.1 Å². The Morgan fingerprint density at radius 3 is 2.89 bits per heavy atom. The van der Waals surface area contributed by atoms with Crippen molar-refractivity contribution in [2.45, 2.75) is 17.6 Å². The van der Waals surface area contributed by atoms with Crippen molar-refractivity contribution < 1.29 is 4.52 Å². The van der Waals surface area contributed by atoms with Crippen LogP contribution in [-0.2, 0) is 5.75 Å². The Kier molecular flexibility index (Phi) is 3.66. The van der Waals surface area contributed by atoms with E-state index in [1.165, 1.54) is 10.5 Å². The first-order chi connectivity index (χ1) is 9.33. The van der Waals surface area contributed by atoms with Gasteiger partial charge in [-0.2, -0.15) is 4.98 Å². The van der Waals surface area contributed by atoms with Gasteiger partial charge in [0.05, 0.1) is 10.6 Å². The molecular formula is C14H12N2OS2. The summed E-state index contributed by atoms with van der Waals surface area (Å²) in [5.41, 5.74) is 1.27. The summed E-state index contributed by atoms with van der Waals surface area (Å²) in [4.78, 5) is 6.68. The van der Waals surface area contributed by atoms with Crippen LogP contribution < -0.4 is 0 Å². The Morgan fingerprint density at radius 2 is 2.11 bits per heavy atom. The van der Waals surface area contributed by atoms with E-state index < -0.39 is 0 Å². The first-order valence-electron chi connectivity index (χ1n) is 5.88. The first-order valence-corrected chi connectivity index (χ1v) is 7.74. The quantitative estimate of drug-likeness (QED) is 0.667. The molecule has 2 heterocycles. The third-order valence-corrected chi connectivity index (χ3v) is 4.68. The van der Waals surface area contributed by atoms with Crippen LogP contribution in [-0.4, -0.2) is 10.1 Å². The average molecular weight is 288 g/mol. The SMILES string of the molecule is Cc1ccccc1SCc1noc(-c2cccs2)n1. The van der Waals surface area contributed by atoms with E-state index in [0.717, 1.165) is 16.5 Å². The van der Waals surface area contributed by atoms with Crippen LogP contribution in [0.1, 0.15) is 11.4 Å². The minimum Gasteiger partial charge on any atom is -0.333 e. The van der Waals surface area contributed by atoms with Crippen LogP contribution in [0.3, 0.4) is 0 Å². The maximum Gasteiger partial charge on any atom is 0.268 e. The summed E-state index contributed by atoms with van der Waals surface area (Å²) in [6.45, 7) is 2.11. The molecule has 3 aromatic rings. The van der Waals surface area contributed by atoms with E-state index in [9.17, 15) is 0 Å². The highest BCUT2D eigenvalue weighted by Crippen LogP contribution is 2.27. The minimum atomic E-state index is 0.607. The lowest BCUT2D eigenvalue weighted by atomic mass is 10.2. The van der Waals surface area contributed by atoms with Gasteiger partial charge >= 0.3 is 0 Å². The van der Waals surface area contributed by atoms with E-state index in [4.69, 9.17) is 4.52 Å². The molecule has 0 fully saturated rings. The molecule has 0 bridgehead atoms. The molecule has 0 spiro atoms. The van der Waals surface area contributed by atoms with Crippen LogP contribution >= 0.6 is 23.1 Å². The summed E-state index contributed by atoms with van der Waals surface area (Å²) in [5.74, 6) is 2.06. The van der Waals surface area contributed by atoms with Crippen LogP contribution in [0.25, 0.3) is 10.8 Å². The summed E-state index contributed by atoms with van der Waals surface area (Å²) in [6, 6.07) is 12.3. The van der Waals surface area contributed by atoms with E-state index in [-0.39, 0.29) is 0 Å². The second-order valence-electron chi connectivity index (χ2n) is 4.05. The number of thiophene rings is 1. The lowest BCUT2D eigenvalue weighted by molar-refractivity contribution is 0.426. The zero-order valence-corrected chi connectivity index (χ0v) is 12.0. The maximum absolute atomic E-state index is 5.26. The number of benzene rings is 1. The number of rotatable bonds is 4. The van der Waals surface area contributed by atoms with E-state index in [1.54, 1.807) is 23.1 Å². The zero-order valence-electron chi connectivity index (χ0n) is 10.4. The smallest absolute Gasteiger partial charge is 0.268 e. The van der Waals surface area contributed by atoms with Crippen LogP contribution in [0.4, 0.5) is 0 Å². The van der Waals surface area contributed by atoms with Crippen LogP contribution in [0, 0.1) is 6.92 Å². The lowest BCUT2D eigenvalue weighted by Crippen LogP contribution is -1.85. The zero-order chi connectivity index (χ0) is 13.1. The van der Waals surface area contributed by atoms with Crippen molar-refractivity contribution in [3.63, 3.8) is 0 Å². The van der Waals surface area contributed by atoms with Crippen LogP contribution in [0.5, 0.6) is 0 Å². The van der Waals surface area contributed by atoms with Gasteiger partial charge in [-0.1, -0.05) is 29.4 Å². The summed E-state index contributed by atoms with van der Waals surface area (Å²) in [7, 11) is 0. The van der Waals surface area contributed by atoms with E-state index in [1.807, 2.05) is 29.6 Å². The number of aryl methyl sites for hydroxylation is 1. The highest BCUT2D eigenvalue weighted by molar-refractivity contribution is 7.98. The van der Waals surface area contributed by atoms with Crippen molar-refractivity contribution in [1.29, 1.82) is 0 Å². The van der Waals surface area contributed by atoms with Gasteiger partial charge in [0.1, 0.15) is 0 Å². The molecule has 5 heteroatoms. The molecule has 0 N–H and O–H groups in total. The number of thioether (sulfide) groups is 1. The minimum absolute atomic E-state index is 0.607. The van der Waals surface area contributed by atoms with E-state index in [2.05, 4.69) is 29.2 Å². The van der Waals surface area contributed by atoms with Gasteiger partial charge in [-0.3, -0.25) is 0 Å². The summed E-state index contributed by atoms with van der Waals surface area (Å²) < 4.78 is 5.26. The molecule has 0 amide bonds. The molecule has 3 rings (SSSR count). The molecule has 0 saturated carbocycles. The molecule has 0 aliphatic heterocycles. The Labute approximate surface area is 119 Å². The van der Waals surface area contributed by atoms with Gasteiger partial charge in [-0.25, -0.2) is 0 Å². The molecule has 1 aromatic carbocycles. The van der Waals surface area contributed by atoms with Crippen LogP contribution in [0.15, 0.2) is 51.2 Å². The van der Waals surface area contributed by atoms with E-state index >= 15 is 0 Å². The number of nitrogens with zero attached hydrogens (tertiary/aromatic N) is 2. The second kappa shape index (κ2) is 5.59. The Bertz CT molecular complexity index is 662. The topological polar surface area (TPSA) is 38.9 Å². The van der Waals surface area contributed by atoms with Gasteiger partial charge in [0.25, 0.3) is 5.89 Å². The second-order valence-corrected chi connectivity index (χ2v) is 6.01. The van der Waals surface area contributed by atoms with Crippen LogP contribution in [0.2, 0.25) is 0 Å². The number of aromatic nitrogens is 2. The van der Waals surface area contributed by atoms with Gasteiger partial charge in [0.2, 0.25) is 0 Å². The molecule has 0 aliphatic rings. The Balaban J connectivity index is 1.70. The molecule has 19 heavy (non-hydrogen) atoms. The predicted octanol–water partition coefficient (Wildman–Crippen LogP) is 4.40. The predicted molar refractivity (Wildman–Crippen MR) is 78.4 cm³/mol. The van der Waals surface area contributed by atoms with Gasteiger partial charge < -0.3 is 4.52 Å². The fraction of sp³-hybridized carbons (Fsp3) is 0.143. The molecule has 2 aromatic heterocycles. The molecule has 0 unspecified atom stereocenters. The fourth-order valence-corrected chi connectivity index (χ4v) is 3.19. The summed E-state index contributed by atoms with van der Waals surface area (Å²) in [6.07, 6.45) is 0. The third-order valence-electron chi connectivity index (χ3n) is 2.65. The third kappa shape index (κ3) is 2.88. The Morgan fingerprint density at radius 1 is 1.21 bits per heavy atom. The molecular weight excluding hydrogens is 276 g/mol. The molecule has 0 saturated heterocycles. The Hall–Kier alpha value is -1.59. The van der Waals surface area contributed by atoms with Crippen molar-refractivity contribution in [1.82, 2.24) is 10.1 Å². The van der Waals surface area contributed by atoms with E-state index in [0.29, 0.717) is 5.89 Å². The molecule has 96 valence electrons. The van der Waals surface area contributed by atoms with Crippen molar-refractivity contribution in [3.05, 3.63) is 53.2 Å². The number of hydrogen-bond acceptors (Lipinski definition) is 5. The fourth-order valence-electron chi connectivity index (χ4n) is 1.67. The van der Waals surface area contributed by atoms with Crippen molar-refractivity contribution in [2.75, 3.05) is 0 Å². The average Bonchev–Trinajstić information content (AvgIpc) is 3.09. The molecule has 0 aliphatic carbocycles. The highest BCUT2D eigenvalue weighted by atomic mass is 32.2. The van der Waals surface area contributed by atoms with Gasteiger partial charge in [0, 0.05) is 4.90 Å². The normalized spacial score (nSPS) is 10.8. The van der Waals surface area contributed by atoms with Crippen molar-refractivity contribution in [2.24, 2.45) is 0 Å². The van der Waals surface area contributed by atoms with Gasteiger partial charge in [0.15, 0.2) is 5.82 Å². The standard InChI is InChI=1S/C14H12N2OS2/c1-10-5-2-3-6-11(10)19-9-13-15-14(17-16-13)12-7-4-8-18-12/h2-8H,9H2,1H3. The number of hydrogen-bond donors (Lipinski definition) is 0. The largest absolute Gasteiger partial charge is 0.333 e. The summed E-state index contributed by atoms with van der Waals surface area (Å²) in [5, 5.41) is 6.02. The monoisotopic (exact) mass is 288 g/mol. The molecule has 3 nitrogen and oxygen atoms in total.